The minimum atomic E-state index is -1.34. The Morgan fingerprint density at radius 2 is 1.57 bits per heavy atom. The van der Waals surface area contributed by atoms with Crippen LogP contribution in [0, 0.1) is 13.8 Å². The fraction of sp³-hybridized carbons (Fsp3) is 0.174. The predicted molar refractivity (Wildman–Crippen MR) is 114 cm³/mol. The van der Waals surface area contributed by atoms with Crippen LogP contribution in [0.25, 0.3) is 0 Å². The van der Waals surface area contributed by atoms with Crippen LogP contribution in [0.2, 0.25) is 0 Å². The number of anilines is 2. The number of aryl methyl sites for hydroxylation is 2. The Hall–Kier alpha value is -2.84. The molecule has 28 heavy (non-hydrogen) atoms. The Labute approximate surface area is 166 Å². The summed E-state index contributed by atoms with van der Waals surface area (Å²) in [4.78, 5) is 13.6. The summed E-state index contributed by atoms with van der Waals surface area (Å²) in [6.45, 7) is 4.12. The van der Waals surface area contributed by atoms with Crippen LogP contribution in [0.15, 0.2) is 72.8 Å². The number of benzene rings is 3. The van der Waals surface area contributed by atoms with Crippen molar-refractivity contribution in [1.82, 2.24) is 0 Å². The number of fused-ring (bicyclic) bond motifs is 3. The topological polar surface area (TPSA) is 32.8 Å². The van der Waals surface area contributed by atoms with Gasteiger partial charge in [-0.25, -0.2) is 4.67 Å². The monoisotopic (exact) mass is 388 g/mol. The lowest BCUT2D eigenvalue weighted by Gasteiger charge is -2.30. The third kappa shape index (κ3) is 2.60. The SMILES string of the molecule is Cc1cccc(C)c1N1C(=O)[C@@H]2Cc3ccccc3N2P1Oc1ccccc1. The molecular formula is C23H21N2O2P. The van der Waals surface area contributed by atoms with E-state index in [1.54, 1.807) is 0 Å². The second-order valence-corrected chi connectivity index (χ2v) is 8.76. The van der Waals surface area contributed by atoms with E-state index in [4.69, 9.17) is 4.52 Å². The van der Waals surface area contributed by atoms with Gasteiger partial charge in [0, 0.05) is 12.1 Å². The van der Waals surface area contributed by atoms with Gasteiger partial charge in [-0.15, -0.1) is 0 Å². The zero-order valence-corrected chi connectivity index (χ0v) is 16.8. The number of carbonyl (C=O) groups excluding carboxylic acids is 1. The third-order valence-electron chi connectivity index (χ3n) is 5.38. The van der Waals surface area contributed by atoms with Crippen LogP contribution in [0.5, 0.6) is 5.75 Å². The highest BCUT2D eigenvalue weighted by Crippen LogP contribution is 2.60. The average molecular weight is 388 g/mol. The van der Waals surface area contributed by atoms with Gasteiger partial charge in [0.15, 0.2) is 0 Å². The van der Waals surface area contributed by atoms with Gasteiger partial charge in [0.2, 0.25) is 0 Å². The lowest BCUT2D eigenvalue weighted by Crippen LogP contribution is -2.31. The zero-order chi connectivity index (χ0) is 19.3. The van der Waals surface area contributed by atoms with Crippen LogP contribution in [-0.4, -0.2) is 11.9 Å². The molecule has 0 bridgehead atoms. The Bertz CT molecular complexity index is 1030. The van der Waals surface area contributed by atoms with Gasteiger partial charge in [-0.3, -0.25) is 9.46 Å². The van der Waals surface area contributed by atoms with E-state index in [1.807, 2.05) is 53.2 Å². The lowest BCUT2D eigenvalue weighted by molar-refractivity contribution is -0.117. The molecule has 1 unspecified atom stereocenters. The molecule has 0 spiro atoms. The van der Waals surface area contributed by atoms with Gasteiger partial charge in [0.05, 0.1) is 5.69 Å². The number of hydrogen-bond acceptors (Lipinski definition) is 3. The van der Waals surface area contributed by atoms with Gasteiger partial charge < -0.3 is 4.52 Å². The van der Waals surface area contributed by atoms with Crippen LogP contribution in [0.4, 0.5) is 11.4 Å². The number of para-hydroxylation sites is 3. The number of hydrogen-bond donors (Lipinski definition) is 0. The highest BCUT2D eigenvalue weighted by Gasteiger charge is 2.54. The summed E-state index contributed by atoms with van der Waals surface area (Å²) in [5.41, 5.74) is 5.48. The van der Waals surface area contributed by atoms with Gasteiger partial charge in [0.25, 0.3) is 5.91 Å². The Balaban J connectivity index is 1.65. The molecule has 0 radical (unpaired) electrons. The van der Waals surface area contributed by atoms with Gasteiger partial charge >= 0.3 is 8.45 Å². The number of nitrogens with zero attached hydrogens (tertiary/aromatic N) is 2. The fourth-order valence-corrected chi connectivity index (χ4v) is 6.35. The largest absolute Gasteiger partial charge is 0.436 e. The van der Waals surface area contributed by atoms with Gasteiger partial charge in [-0.1, -0.05) is 54.6 Å². The number of carbonyl (C=O) groups is 1. The van der Waals surface area contributed by atoms with E-state index in [-0.39, 0.29) is 11.9 Å². The van der Waals surface area contributed by atoms with Crippen LogP contribution in [0.3, 0.4) is 0 Å². The van der Waals surface area contributed by atoms with Crippen LogP contribution in [0.1, 0.15) is 16.7 Å². The highest BCUT2D eigenvalue weighted by atomic mass is 31.2. The van der Waals surface area contributed by atoms with E-state index in [0.29, 0.717) is 0 Å². The molecule has 0 aliphatic carbocycles. The van der Waals surface area contributed by atoms with E-state index in [2.05, 4.69) is 42.8 Å². The van der Waals surface area contributed by atoms with Crippen molar-refractivity contribution in [2.75, 3.05) is 9.34 Å². The first-order valence-electron chi connectivity index (χ1n) is 9.45. The fourth-order valence-electron chi connectivity index (χ4n) is 4.09. The molecule has 1 fully saturated rings. The maximum absolute atomic E-state index is 13.6. The summed E-state index contributed by atoms with van der Waals surface area (Å²) in [7, 11) is -1.34. The van der Waals surface area contributed by atoms with Crippen molar-refractivity contribution in [3.8, 4) is 5.75 Å². The van der Waals surface area contributed by atoms with Crippen molar-refractivity contribution in [1.29, 1.82) is 0 Å². The maximum atomic E-state index is 13.6. The molecule has 3 aromatic rings. The summed E-state index contributed by atoms with van der Waals surface area (Å²) >= 11 is 0. The summed E-state index contributed by atoms with van der Waals surface area (Å²) in [5.74, 6) is 0.901. The van der Waals surface area contributed by atoms with E-state index in [1.165, 1.54) is 5.56 Å². The van der Waals surface area contributed by atoms with E-state index >= 15 is 0 Å². The van der Waals surface area contributed by atoms with Crippen LogP contribution >= 0.6 is 8.45 Å². The van der Waals surface area contributed by atoms with Crippen molar-refractivity contribution in [3.05, 3.63) is 89.5 Å². The molecule has 2 atom stereocenters. The van der Waals surface area contributed by atoms with Crippen molar-refractivity contribution in [3.63, 3.8) is 0 Å². The van der Waals surface area contributed by atoms with Crippen molar-refractivity contribution in [2.24, 2.45) is 0 Å². The third-order valence-corrected chi connectivity index (χ3v) is 7.35. The molecule has 140 valence electrons. The second-order valence-electron chi connectivity index (χ2n) is 7.24. The summed E-state index contributed by atoms with van der Waals surface area (Å²) in [6.07, 6.45) is 0.730. The molecule has 1 saturated heterocycles. The highest BCUT2D eigenvalue weighted by molar-refractivity contribution is 7.58. The minimum Gasteiger partial charge on any atom is -0.436 e. The second kappa shape index (κ2) is 6.65. The first kappa shape index (κ1) is 17.3. The summed E-state index contributed by atoms with van der Waals surface area (Å²) in [6, 6.07) is 24.0. The lowest BCUT2D eigenvalue weighted by atomic mass is 10.1. The molecule has 1 amide bonds. The molecule has 2 aliphatic rings. The summed E-state index contributed by atoms with van der Waals surface area (Å²) < 4.78 is 10.6. The predicted octanol–water partition coefficient (Wildman–Crippen LogP) is 5.39. The molecule has 2 aliphatic heterocycles. The molecule has 5 heteroatoms. The Kier molecular flexibility index (Phi) is 4.10. The molecule has 0 saturated carbocycles. The zero-order valence-electron chi connectivity index (χ0n) is 15.9. The first-order valence-corrected chi connectivity index (χ1v) is 10.6. The van der Waals surface area contributed by atoms with E-state index < -0.39 is 8.45 Å². The summed E-state index contributed by atoms with van der Waals surface area (Å²) in [5, 5.41) is 0. The molecule has 0 aromatic heterocycles. The smallest absolute Gasteiger partial charge is 0.317 e. The Morgan fingerprint density at radius 3 is 2.32 bits per heavy atom. The Morgan fingerprint density at radius 1 is 0.893 bits per heavy atom. The molecule has 3 aromatic carbocycles. The quantitative estimate of drug-likeness (QED) is 0.564. The molecule has 5 rings (SSSR count). The van der Waals surface area contributed by atoms with Gasteiger partial charge in [0.1, 0.15) is 11.8 Å². The number of rotatable bonds is 3. The molecule has 4 nitrogen and oxygen atoms in total. The standard InChI is InChI=1S/C23H21N2O2P/c1-16-9-8-10-17(2)22(16)25-23(26)21-15-18-11-6-7-14-20(18)24(21)28(25)27-19-12-4-3-5-13-19/h3-14,21H,15H2,1-2H3/t21-,28?/m0/s1. The normalized spacial score (nSPS) is 20.3. The molecular weight excluding hydrogens is 367 g/mol. The van der Waals surface area contributed by atoms with Crippen molar-refractivity contribution in [2.45, 2.75) is 26.3 Å². The molecule has 2 heterocycles. The van der Waals surface area contributed by atoms with Crippen LogP contribution in [-0.2, 0) is 11.2 Å². The van der Waals surface area contributed by atoms with Crippen LogP contribution < -0.4 is 13.9 Å². The number of amides is 1. The van der Waals surface area contributed by atoms with Gasteiger partial charge in [-0.2, -0.15) is 0 Å². The van der Waals surface area contributed by atoms with Crippen molar-refractivity contribution >= 4 is 25.7 Å². The minimum absolute atomic E-state index is 0.121. The van der Waals surface area contributed by atoms with E-state index in [9.17, 15) is 4.79 Å². The van der Waals surface area contributed by atoms with Gasteiger partial charge in [-0.05, 0) is 48.7 Å². The first-order chi connectivity index (χ1) is 13.6. The maximum Gasteiger partial charge on any atom is 0.317 e. The molecule has 0 N–H and O–H groups in total. The average Bonchev–Trinajstić information content (AvgIpc) is 3.20. The van der Waals surface area contributed by atoms with E-state index in [0.717, 1.165) is 34.7 Å². The van der Waals surface area contributed by atoms with Crippen molar-refractivity contribution < 1.29 is 9.32 Å².